The van der Waals surface area contributed by atoms with Gasteiger partial charge in [-0.15, -0.1) is 0 Å². The van der Waals surface area contributed by atoms with Crippen LogP contribution in [0.4, 0.5) is 5.82 Å². The Kier molecular flexibility index (Phi) is 7.35. The lowest BCUT2D eigenvalue weighted by atomic mass is 9.96. The van der Waals surface area contributed by atoms with Crippen molar-refractivity contribution in [3.63, 3.8) is 0 Å². The van der Waals surface area contributed by atoms with Gasteiger partial charge in [-0.25, -0.2) is 15.0 Å². The molecule has 3 N–H and O–H groups in total. The molecule has 1 amide bonds. The number of amides is 1. The Bertz CT molecular complexity index is 1740. The number of nitriles is 1. The maximum atomic E-state index is 11.8. The average Bonchev–Trinajstić information content (AvgIpc) is 3.02. The molecule has 0 saturated carbocycles. The molecule has 6 rings (SSSR count). The van der Waals surface area contributed by atoms with Crippen molar-refractivity contribution in [2.24, 2.45) is 5.73 Å². The number of piperidine rings is 1. The van der Waals surface area contributed by atoms with Gasteiger partial charge in [-0.1, -0.05) is 54.6 Å². The van der Waals surface area contributed by atoms with Crippen LogP contribution in [0.3, 0.4) is 0 Å². The summed E-state index contributed by atoms with van der Waals surface area (Å²) in [4.78, 5) is 27.4. The molecule has 0 unspecified atom stereocenters. The van der Waals surface area contributed by atoms with Gasteiger partial charge in [0.25, 0.3) is 0 Å². The van der Waals surface area contributed by atoms with E-state index in [0.717, 1.165) is 65.8 Å². The zero-order valence-electron chi connectivity index (χ0n) is 22.5. The van der Waals surface area contributed by atoms with E-state index in [0.29, 0.717) is 17.4 Å². The second-order valence-corrected chi connectivity index (χ2v) is 10.3. The number of rotatable bonds is 7. The van der Waals surface area contributed by atoms with Crippen molar-refractivity contribution in [1.29, 1.82) is 5.26 Å². The first-order valence-corrected chi connectivity index (χ1v) is 13.7. The number of nitrogens with zero attached hydrogens (tertiary/aromatic N) is 5. The molecule has 0 radical (unpaired) electrons. The van der Waals surface area contributed by atoms with E-state index in [-0.39, 0.29) is 5.82 Å². The monoisotopic (exact) mass is 539 g/mol. The summed E-state index contributed by atoms with van der Waals surface area (Å²) in [5.74, 6) is 0.437. The minimum absolute atomic E-state index is 0.183. The Morgan fingerprint density at radius 1 is 0.951 bits per heavy atom. The lowest BCUT2D eigenvalue weighted by Crippen LogP contribution is -2.38. The number of nitrogens with one attached hydrogen (secondary N) is 1. The third kappa shape index (κ3) is 5.91. The Labute approximate surface area is 238 Å². The number of aromatic nitrogens is 3. The minimum atomic E-state index is -0.451. The number of anilines is 1. The van der Waals surface area contributed by atoms with Crippen LogP contribution in [0.5, 0.6) is 0 Å². The third-order valence-corrected chi connectivity index (χ3v) is 7.51. The van der Waals surface area contributed by atoms with Crippen molar-refractivity contribution >= 4 is 22.6 Å². The molecule has 41 heavy (non-hydrogen) atoms. The lowest BCUT2D eigenvalue weighted by molar-refractivity contribution is 0.100. The first kappa shape index (κ1) is 26.1. The molecule has 5 aromatic rings. The van der Waals surface area contributed by atoms with Crippen LogP contribution in [0.15, 0.2) is 91.1 Å². The van der Waals surface area contributed by atoms with Gasteiger partial charge >= 0.3 is 0 Å². The molecule has 3 heterocycles. The molecule has 3 aromatic carbocycles. The molecule has 1 saturated heterocycles. The number of primary amides is 1. The number of fused-ring (bicyclic) bond motifs is 1. The van der Waals surface area contributed by atoms with Gasteiger partial charge in [0.2, 0.25) is 11.7 Å². The quantitative estimate of drug-likeness (QED) is 0.284. The summed E-state index contributed by atoms with van der Waals surface area (Å²) in [5, 5.41) is 13.4. The van der Waals surface area contributed by atoms with Crippen molar-refractivity contribution in [2.45, 2.75) is 25.4 Å². The van der Waals surface area contributed by atoms with Gasteiger partial charge in [-0.2, -0.15) is 5.26 Å². The summed E-state index contributed by atoms with van der Waals surface area (Å²) in [5.41, 5.74) is 12.1. The smallest absolute Gasteiger partial charge is 0.248 e. The van der Waals surface area contributed by atoms with E-state index in [1.165, 1.54) is 5.56 Å². The van der Waals surface area contributed by atoms with Crippen LogP contribution in [-0.4, -0.2) is 44.9 Å². The van der Waals surface area contributed by atoms with Crippen molar-refractivity contribution in [2.75, 3.05) is 18.4 Å². The molecule has 0 spiro atoms. The molecule has 0 aliphatic carbocycles. The second-order valence-electron chi connectivity index (χ2n) is 10.3. The zero-order chi connectivity index (χ0) is 28.2. The van der Waals surface area contributed by atoms with Gasteiger partial charge < -0.3 is 11.1 Å². The average molecular weight is 540 g/mol. The molecular formula is C33H29N7O. The highest BCUT2D eigenvalue weighted by atomic mass is 16.1. The van der Waals surface area contributed by atoms with Gasteiger partial charge in [-0.05, 0) is 54.3 Å². The molecule has 1 aliphatic heterocycles. The summed E-state index contributed by atoms with van der Waals surface area (Å²) < 4.78 is 0. The van der Waals surface area contributed by atoms with E-state index in [2.05, 4.69) is 62.6 Å². The molecule has 1 aliphatic rings. The van der Waals surface area contributed by atoms with E-state index >= 15 is 0 Å². The van der Waals surface area contributed by atoms with Crippen LogP contribution in [0.2, 0.25) is 0 Å². The fourth-order valence-corrected chi connectivity index (χ4v) is 5.35. The maximum absolute atomic E-state index is 11.8. The van der Waals surface area contributed by atoms with Gasteiger partial charge in [-0.3, -0.25) is 9.69 Å². The summed E-state index contributed by atoms with van der Waals surface area (Å²) in [6.07, 6.45) is 3.62. The molecular weight excluding hydrogens is 510 g/mol. The lowest BCUT2D eigenvalue weighted by Gasteiger charge is -2.32. The number of carbonyl (C=O) groups is 1. The predicted molar refractivity (Wildman–Crippen MR) is 160 cm³/mol. The van der Waals surface area contributed by atoms with Crippen LogP contribution >= 0.6 is 0 Å². The molecule has 2 aromatic heterocycles. The van der Waals surface area contributed by atoms with E-state index in [1.807, 2.05) is 30.3 Å². The van der Waals surface area contributed by atoms with E-state index in [9.17, 15) is 4.79 Å². The van der Waals surface area contributed by atoms with Crippen LogP contribution < -0.4 is 11.1 Å². The van der Waals surface area contributed by atoms with Crippen molar-refractivity contribution < 1.29 is 4.79 Å². The molecule has 8 heteroatoms. The maximum Gasteiger partial charge on any atom is 0.248 e. The topological polar surface area (TPSA) is 121 Å². The third-order valence-electron chi connectivity index (χ3n) is 7.51. The van der Waals surface area contributed by atoms with Crippen LogP contribution in [0.25, 0.3) is 33.3 Å². The van der Waals surface area contributed by atoms with E-state index in [1.54, 1.807) is 24.4 Å². The Hall–Kier alpha value is -5.13. The highest BCUT2D eigenvalue weighted by Gasteiger charge is 2.20. The van der Waals surface area contributed by atoms with Gasteiger partial charge in [0.15, 0.2) is 0 Å². The number of likely N-dealkylation sites (tertiary alicyclic amines) is 1. The van der Waals surface area contributed by atoms with Crippen molar-refractivity contribution in [3.05, 3.63) is 108 Å². The fourth-order valence-electron chi connectivity index (χ4n) is 5.35. The number of nitrogens with two attached hydrogens (primary N) is 1. The van der Waals surface area contributed by atoms with Crippen LogP contribution in [0, 0.1) is 11.3 Å². The highest BCUT2D eigenvalue weighted by molar-refractivity contribution is 5.99. The van der Waals surface area contributed by atoms with Crippen molar-refractivity contribution in [3.8, 4) is 28.5 Å². The van der Waals surface area contributed by atoms with Gasteiger partial charge in [0.1, 0.15) is 11.9 Å². The summed E-state index contributed by atoms with van der Waals surface area (Å²) in [6.45, 7) is 2.84. The van der Waals surface area contributed by atoms with Gasteiger partial charge in [0.05, 0.1) is 11.2 Å². The molecule has 1 fully saturated rings. The minimum Gasteiger partial charge on any atom is -0.367 e. The van der Waals surface area contributed by atoms with Crippen LogP contribution in [0.1, 0.15) is 34.6 Å². The Morgan fingerprint density at radius 2 is 1.73 bits per heavy atom. The fraction of sp³-hybridized carbons (Fsp3) is 0.182. The SMILES string of the molecule is N#Cc1nccc(NC2CCN(Cc3ccc(-c4nc5ccc(C(N)=O)cc5cc4-c4ccccc4)cc3)CC2)n1. The number of hydrogen-bond acceptors (Lipinski definition) is 7. The highest BCUT2D eigenvalue weighted by Crippen LogP contribution is 2.34. The van der Waals surface area contributed by atoms with Gasteiger partial charge in [0, 0.05) is 53.9 Å². The Balaban J connectivity index is 1.18. The number of hydrogen-bond donors (Lipinski definition) is 2. The second kappa shape index (κ2) is 11.5. The van der Waals surface area contributed by atoms with Crippen molar-refractivity contribution in [1.82, 2.24) is 19.9 Å². The van der Waals surface area contributed by atoms with E-state index < -0.39 is 5.91 Å². The zero-order valence-corrected chi connectivity index (χ0v) is 22.5. The molecule has 0 bridgehead atoms. The number of carbonyl (C=O) groups excluding carboxylic acids is 1. The summed E-state index contributed by atoms with van der Waals surface area (Å²) in [7, 11) is 0. The number of benzene rings is 3. The number of pyridine rings is 1. The summed E-state index contributed by atoms with van der Waals surface area (Å²) in [6, 6.07) is 30.4. The molecule has 202 valence electrons. The van der Waals surface area contributed by atoms with E-state index in [4.69, 9.17) is 16.0 Å². The first-order valence-electron chi connectivity index (χ1n) is 13.7. The Morgan fingerprint density at radius 3 is 2.46 bits per heavy atom. The standard InChI is InChI=1S/C33H29N7O/c34-20-31-36-15-12-30(39-31)37-27-13-16-40(17-14-27)21-22-6-8-24(9-7-22)32-28(23-4-2-1-3-5-23)19-26-18-25(33(35)41)10-11-29(26)38-32/h1-12,15,18-19,27H,13-14,16-17,21H2,(H2,35,41)(H,36,37,39). The first-order chi connectivity index (χ1) is 20.1. The summed E-state index contributed by atoms with van der Waals surface area (Å²) >= 11 is 0. The van der Waals surface area contributed by atoms with Crippen LogP contribution in [-0.2, 0) is 6.54 Å². The normalized spacial score (nSPS) is 14.0. The molecule has 0 atom stereocenters. The predicted octanol–water partition coefficient (Wildman–Crippen LogP) is 5.41. The largest absolute Gasteiger partial charge is 0.367 e. The molecule has 8 nitrogen and oxygen atoms in total.